The zero-order valence-electron chi connectivity index (χ0n) is 7.67. The van der Waals surface area contributed by atoms with E-state index >= 15 is 0 Å². The molecular weight excluding hydrogens is 146 g/mol. The zero-order chi connectivity index (χ0) is 8.81. The van der Waals surface area contributed by atoms with Crippen LogP contribution in [0, 0.1) is 0 Å². The summed E-state index contributed by atoms with van der Waals surface area (Å²) >= 11 is 0. The molecule has 0 aliphatic heterocycles. The third kappa shape index (κ3) is 2.12. The Kier molecular flexibility index (Phi) is 3.39. The van der Waals surface area contributed by atoms with E-state index in [1.165, 1.54) is 11.3 Å². The fourth-order valence-corrected chi connectivity index (χ4v) is 1.19. The second kappa shape index (κ2) is 4.60. The second-order valence-electron chi connectivity index (χ2n) is 2.64. The minimum atomic E-state index is 1.06. The molecule has 1 nitrogen and oxygen atoms in total. The predicted molar refractivity (Wildman–Crippen MR) is 53.8 cm³/mol. The van der Waals surface area contributed by atoms with Crippen molar-refractivity contribution in [3.8, 4) is 0 Å². The van der Waals surface area contributed by atoms with Gasteiger partial charge in [0.05, 0.1) is 0 Å². The van der Waals surface area contributed by atoms with Gasteiger partial charge >= 0.3 is 0 Å². The second-order valence-corrected chi connectivity index (χ2v) is 2.64. The molecule has 0 heterocycles. The Balaban J connectivity index is 2.88. The summed E-state index contributed by atoms with van der Waals surface area (Å²) in [6, 6.07) is 10.4. The van der Waals surface area contributed by atoms with E-state index in [0.29, 0.717) is 0 Å². The van der Waals surface area contributed by atoms with Gasteiger partial charge in [-0.25, -0.2) is 0 Å². The Bertz CT molecular complexity index is 249. The molecule has 1 N–H and O–H groups in total. The molecule has 0 atom stereocenters. The Hall–Kier alpha value is -1.24. The number of hydrogen-bond acceptors (Lipinski definition) is 1. The summed E-state index contributed by atoms with van der Waals surface area (Å²) in [6.07, 6.45) is 3.25. The molecule has 12 heavy (non-hydrogen) atoms. The highest BCUT2D eigenvalue weighted by Gasteiger charge is 1.94. The highest BCUT2D eigenvalue weighted by atomic mass is 14.8. The molecule has 0 fully saturated rings. The smallest absolute Gasteiger partial charge is 0.0370 e. The standard InChI is InChI=1S/C11H15N/c1-3-7-11(12-2)10-8-5-4-6-9-10/h4-9,12H,3H2,1-2H3/b11-7+. The molecule has 0 amide bonds. The molecule has 0 unspecified atom stereocenters. The lowest BCUT2D eigenvalue weighted by molar-refractivity contribution is 1.10. The van der Waals surface area contributed by atoms with Crippen LogP contribution in [-0.2, 0) is 0 Å². The van der Waals surface area contributed by atoms with Crippen molar-refractivity contribution in [1.29, 1.82) is 0 Å². The Morgan fingerprint density at radius 3 is 2.50 bits per heavy atom. The monoisotopic (exact) mass is 161 g/mol. The van der Waals surface area contributed by atoms with Crippen molar-refractivity contribution < 1.29 is 0 Å². The van der Waals surface area contributed by atoms with E-state index in [9.17, 15) is 0 Å². The van der Waals surface area contributed by atoms with E-state index < -0.39 is 0 Å². The van der Waals surface area contributed by atoms with Crippen molar-refractivity contribution in [3.63, 3.8) is 0 Å². The molecule has 1 aromatic carbocycles. The minimum Gasteiger partial charge on any atom is -0.388 e. The molecular formula is C11H15N. The normalized spacial score (nSPS) is 11.3. The van der Waals surface area contributed by atoms with Gasteiger partial charge in [0, 0.05) is 12.7 Å². The van der Waals surface area contributed by atoms with Gasteiger partial charge in [-0.15, -0.1) is 0 Å². The summed E-state index contributed by atoms with van der Waals surface area (Å²) < 4.78 is 0. The Labute approximate surface area is 74.1 Å². The lowest BCUT2D eigenvalue weighted by Crippen LogP contribution is -2.03. The predicted octanol–water partition coefficient (Wildman–Crippen LogP) is 2.66. The lowest BCUT2D eigenvalue weighted by atomic mass is 10.1. The number of benzene rings is 1. The van der Waals surface area contributed by atoms with Crippen LogP contribution in [0.25, 0.3) is 5.70 Å². The van der Waals surface area contributed by atoms with E-state index in [1.807, 2.05) is 13.1 Å². The molecule has 0 bridgehead atoms. The zero-order valence-corrected chi connectivity index (χ0v) is 7.67. The first-order valence-electron chi connectivity index (χ1n) is 4.31. The molecule has 0 radical (unpaired) electrons. The lowest BCUT2D eigenvalue weighted by Gasteiger charge is -2.05. The highest BCUT2D eigenvalue weighted by Crippen LogP contribution is 2.10. The van der Waals surface area contributed by atoms with Gasteiger partial charge in [-0.2, -0.15) is 0 Å². The maximum Gasteiger partial charge on any atom is 0.0370 e. The molecule has 64 valence electrons. The van der Waals surface area contributed by atoms with Crippen molar-refractivity contribution in [2.75, 3.05) is 7.05 Å². The van der Waals surface area contributed by atoms with Crippen LogP contribution in [-0.4, -0.2) is 7.05 Å². The summed E-state index contributed by atoms with van der Waals surface area (Å²) in [5, 5.41) is 3.18. The van der Waals surface area contributed by atoms with Gasteiger partial charge in [-0.1, -0.05) is 43.3 Å². The van der Waals surface area contributed by atoms with Crippen molar-refractivity contribution in [3.05, 3.63) is 42.0 Å². The van der Waals surface area contributed by atoms with Crippen LogP contribution >= 0.6 is 0 Å². The van der Waals surface area contributed by atoms with Crippen LogP contribution in [0.1, 0.15) is 18.9 Å². The van der Waals surface area contributed by atoms with Gasteiger partial charge in [0.1, 0.15) is 0 Å². The third-order valence-corrected chi connectivity index (χ3v) is 1.76. The summed E-state index contributed by atoms with van der Waals surface area (Å²) in [5.41, 5.74) is 2.46. The van der Waals surface area contributed by atoms with Crippen molar-refractivity contribution in [2.45, 2.75) is 13.3 Å². The summed E-state index contributed by atoms with van der Waals surface area (Å²) in [5.74, 6) is 0. The molecule has 0 aliphatic carbocycles. The van der Waals surface area contributed by atoms with Crippen LogP contribution in [0.2, 0.25) is 0 Å². The van der Waals surface area contributed by atoms with Crippen LogP contribution in [0.4, 0.5) is 0 Å². The summed E-state index contributed by atoms with van der Waals surface area (Å²) in [7, 11) is 1.95. The highest BCUT2D eigenvalue weighted by molar-refractivity contribution is 5.63. The number of hydrogen-bond donors (Lipinski definition) is 1. The molecule has 0 aliphatic rings. The molecule has 0 saturated heterocycles. The molecule has 1 heteroatoms. The first-order chi connectivity index (χ1) is 5.88. The van der Waals surface area contributed by atoms with Crippen molar-refractivity contribution >= 4 is 5.70 Å². The largest absolute Gasteiger partial charge is 0.388 e. The molecule has 0 saturated carbocycles. The SMILES string of the molecule is CC/C=C(/NC)c1ccccc1. The van der Waals surface area contributed by atoms with Gasteiger partial charge in [0.25, 0.3) is 0 Å². The summed E-state index contributed by atoms with van der Waals surface area (Å²) in [4.78, 5) is 0. The van der Waals surface area contributed by atoms with Gasteiger partial charge in [-0.3, -0.25) is 0 Å². The topological polar surface area (TPSA) is 12.0 Å². The van der Waals surface area contributed by atoms with Gasteiger partial charge in [0.15, 0.2) is 0 Å². The molecule has 0 aromatic heterocycles. The fraction of sp³-hybridized carbons (Fsp3) is 0.273. The van der Waals surface area contributed by atoms with Crippen molar-refractivity contribution in [2.24, 2.45) is 0 Å². The molecule has 0 spiro atoms. The first kappa shape index (κ1) is 8.85. The van der Waals surface area contributed by atoms with Crippen molar-refractivity contribution in [1.82, 2.24) is 5.32 Å². The van der Waals surface area contributed by atoms with E-state index in [2.05, 4.69) is 42.6 Å². The maximum absolute atomic E-state index is 3.18. The summed E-state index contributed by atoms with van der Waals surface area (Å²) in [6.45, 7) is 2.14. The third-order valence-electron chi connectivity index (χ3n) is 1.76. The Morgan fingerprint density at radius 2 is 2.00 bits per heavy atom. The van der Waals surface area contributed by atoms with E-state index in [1.54, 1.807) is 0 Å². The van der Waals surface area contributed by atoms with Crippen LogP contribution in [0.5, 0.6) is 0 Å². The van der Waals surface area contributed by atoms with E-state index in [4.69, 9.17) is 0 Å². The maximum atomic E-state index is 3.18. The fourth-order valence-electron chi connectivity index (χ4n) is 1.19. The number of nitrogens with one attached hydrogen (secondary N) is 1. The van der Waals surface area contributed by atoms with Gasteiger partial charge in [0.2, 0.25) is 0 Å². The van der Waals surface area contributed by atoms with E-state index in [0.717, 1.165) is 6.42 Å². The van der Waals surface area contributed by atoms with Crippen LogP contribution < -0.4 is 5.32 Å². The number of allylic oxidation sites excluding steroid dienone is 1. The average molecular weight is 161 g/mol. The molecule has 1 aromatic rings. The number of rotatable bonds is 3. The van der Waals surface area contributed by atoms with Crippen LogP contribution in [0.15, 0.2) is 36.4 Å². The minimum absolute atomic E-state index is 1.06. The quantitative estimate of drug-likeness (QED) is 0.718. The Morgan fingerprint density at radius 1 is 1.33 bits per heavy atom. The molecule has 1 rings (SSSR count). The van der Waals surface area contributed by atoms with Gasteiger partial charge < -0.3 is 5.32 Å². The first-order valence-corrected chi connectivity index (χ1v) is 4.31. The van der Waals surface area contributed by atoms with E-state index in [-0.39, 0.29) is 0 Å². The van der Waals surface area contributed by atoms with Crippen LogP contribution in [0.3, 0.4) is 0 Å². The average Bonchev–Trinajstić information content (AvgIpc) is 2.15. The van der Waals surface area contributed by atoms with Gasteiger partial charge in [-0.05, 0) is 12.0 Å².